The number of hydrogen-bond acceptors (Lipinski definition) is 5. The van der Waals surface area contributed by atoms with Crippen LogP contribution >= 0.6 is 0 Å². The lowest BCUT2D eigenvalue weighted by molar-refractivity contribution is -0.134. The third kappa shape index (κ3) is 7.04. The van der Waals surface area contributed by atoms with Crippen molar-refractivity contribution in [1.29, 1.82) is 0 Å². The number of aromatic nitrogens is 4. The second-order valence-corrected chi connectivity index (χ2v) is 14.1. The molecule has 1 aliphatic rings. The zero-order valence-corrected chi connectivity index (χ0v) is 30.3. The number of ether oxygens (including phenoxy) is 1. The van der Waals surface area contributed by atoms with Crippen molar-refractivity contribution in [2.75, 3.05) is 6.54 Å². The lowest BCUT2D eigenvalue weighted by Crippen LogP contribution is -2.38. The minimum absolute atomic E-state index is 0.0395. The minimum Gasteiger partial charge on any atom is -0.488 e. The van der Waals surface area contributed by atoms with Gasteiger partial charge in [0, 0.05) is 36.4 Å². The third-order valence-corrected chi connectivity index (χ3v) is 9.66. The average molecular weight is 675 g/mol. The summed E-state index contributed by atoms with van der Waals surface area (Å²) in [4.78, 5) is 46.5. The molecule has 3 aromatic carbocycles. The number of benzene rings is 3. The van der Waals surface area contributed by atoms with Gasteiger partial charge in [-0.2, -0.15) is 0 Å². The second-order valence-electron chi connectivity index (χ2n) is 14.1. The standard InChI is InChI=1S/C41H50N6O3/c1-8-11-26(6)46(38(48)12-9-2)23-37-43-34-17-15-28-19-33-31-16-14-29(18-30(31)24-50-36(33)20-32(28)40(34)45-37)35-21-42-41(44-35)27(7)47(22-25(4)5)39(49)13-10-3/h8,14-21,25-27H,1,9-13,22-24H2,2-7H3,(H,42,44)(H,43,45). The summed E-state index contributed by atoms with van der Waals surface area (Å²) in [6.45, 7) is 17.9. The number of carbonyl (C=O) groups is 2. The molecule has 0 saturated heterocycles. The molecule has 1 aliphatic heterocycles. The van der Waals surface area contributed by atoms with Gasteiger partial charge in [-0.05, 0) is 85.4 Å². The smallest absolute Gasteiger partial charge is 0.223 e. The van der Waals surface area contributed by atoms with E-state index in [-0.39, 0.29) is 23.9 Å². The van der Waals surface area contributed by atoms with Crippen molar-refractivity contribution in [1.82, 2.24) is 29.7 Å². The molecular formula is C41H50N6O3. The third-order valence-electron chi connectivity index (χ3n) is 9.66. The van der Waals surface area contributed by atoms with Gasteiger partial charge in [0.25, 0.3) is 0 Å². The lowest BCUT2D eigenvalue weighted by atomic mass is 9.92. The van der Waals surface area contributed by atoms with E-state index < -0.39 is 0 Å². The van der Waals surface area contributed by atoms with Crippen LogP contribution in [-0.2, 0) is 22.7 Å². The van der Waals surface area contributed by atoms with Crippen LogP contribution in [0.5, 0.6) is 5.75 Å². The van der Waals surface area contributed by atoms with E-state index in [0.29, 0.717) is 38.5 Å². The molecule has 0 saturated carbocycles. The number of hydrogen-bond donors (Lipinski definition) is 2. The fraction of sp³-hybridized carbons (Fsp3) is 0.415. The topological polar surface area (TPSA) is 107 Å². The number of fused-ring (bicyclic) bond motifs is 6. The van der Waals surface area contributed by atoms with Gasteiger partial charge in [-0.25, -0.2) is 9.97 Å². The monoisotopic (exact) mass is 674 g/mol. The summed E-state index contributed by atoms with van der Waals surface area (Å²) in [5.41, 5.74) is 7.04. The van der Waals surface area contributed by atoms with Gasteiger partial charge in [-0.15, -0.1) is 6.58 Å². The minimum atomic E-state index is -0.147. The molecule has 0 spiro atoms. The first-order valence-electron chi connectivity index (χ1n) is 18.1. The van der Waals surface area contributed by atoms with Crippen LogP contribution in [0.3, 0.4) is 0 Å². The van der Waals surface area contributed by atoms with Crippen LogP contribution in [0.15, 0.2) is 61.3 Å². The van der Waals surface area contributed by atoms with E-state index in [1.807, 2.05) is 42.8 Å². The Balaban J connectivity index is 1.27. The van der Waals surface area contributed by atoms with Crippen molar-refractivity contribution in [2.24, 2.45) is 5.92 Å². The van der Waals surface area contributed by atoms with Crippen LogP contribution in [0.25, 0.3) is 44.2 Å². The molecule has 2 N–H and O–H groups in total. The number of imidazole rings is 2. The number of carbonyl (C=O) groups excluding carboxylic acids is 2. The van der Waals surface area contributed by atoms with Crippen LogP contribution in [0, 0.1) is 5.92 Å². The Labute approximate surface area is 295 Å². The summed E-state index contributed by atoms with van der Waals surface area (Å²) in [7, 11) is 0. The summed E-state index contributed by atoms with van der Waals surface area (Å²) in [6.07, 6.45) is 7.13. The molecule has 9 heteroatoms. The van der Waals surface area contributed by atoms with E-state index in [9.17, 15) is 9.59 Å². The molecule has 9 nitrogen and oxygen atoms in total. The normalized spacial score (nSPS) is 13.5. The lowest BCUT2D eigenvalue weighted by Gasteiger charge is -2.29. The van der Waals surface area contributed by atoms with Gasteiger partial charge in [0.1, 0.15) is 24.0 Å². The molecule has 2 unspecified atom stereocenters. The van der Waals surface area contributed by atoms with Gasteiger partial charge in [-0.3, -0.25) is 9.59 Å². The first kappa shape index (κ1) is 34.9. The Morgan fingerprint density at radius 1 is 0.960 bits per heavy atom. The van der Waals surface area contributed by atoms with Crippen molar-refractivity contribution in [3.8, 4) is 28.1 Å². The van der Waals surface area contributed by atoms with E-state index in [1.165, 1.54) is 0 Å². The fourth-order valence-corrected chi connectivity index (χ4v) is 7.03. The van der Waals surface area contributed by atoms with Crippen molar-refractivity contribution >= 4 is 33.6 Å². The zero-order valence-electron chi connectivity index (χ0n) is 30.3. The number of amides is 2. The Hall–Kier alpha value is -4.92. The Morgan fingerprint density at radius 3 is 2.44 bits per heavy atom. The number of aromatic amines is 2. The maximum absolute atomic E-state index is 13.0. The molecular weight excluding hydrogens is 624 g/mol. The zero-order chi connectivity index (χ0) is 35.5. The van der Waals surface area contributed by atoms with Gasteiger partial charge >= 0.3 is 0 Å². The Kier molecular flexibility index (Phi) is 10.4. The number of nitrogens with one attached hydrogen (secondary N) is 2. The molecule has 0 bridgehead atoms. The maximum Gasteiger partial charge on any atom is 0.223 e. The first-order valence-corrected chi connectivity index (χ1v) is 18.1. The molecule has 5 aromatic rings. The summed E-state index contributed by atoms with van der Waals surface area (Å²) >= 11 is 0. The highest BCUT2D eigenvalue weighted by Gasteiger charge is 2.26. The molecule has 6 rings (SSSR count). The summed E-state index contributed by atoms with van der Waals surface area (Å²) in [6, 6.07) is 14.8. The van der Waals surface area contributed by atoms with Crippen LogP contribution in [-0.4, -0.2) is 54.1 Å². The highest BCUT2D eigenvalue weighted by atomic mass is 16.5. The molecule has 0 radical (unpaired) electrons. The van der Waals surface area contributed by atoms with E-state index >= 15 is 0 Å². The van der Waals surface area contributed by atoms with Crippen LogP contribution < -0.4 is 4.74 Å². The van der Waals surface area contributed by atoms with Gasteiger partial charge in [-0.1, -0.05) is 52.0 Å². The van der Waals surface area contributed by atoms with Gasteiger partial charge in [0.05, 0.1) is 35.5 Å². The Morgan fingerprint density at radius 2 is 1.72 bits per heavy atom. The molecule has 0 fully saturated rings. The van der Waals surface area contributed by atoms with Crippen LogP contribution in [0.2, 0.25) is 0 Å². The van der Waals surface area contributed by atoms with Gasteiger partial charge in [0.15, 0.2) is 0 Å². The maximum atomic E-state index is 13.0. The number of H-pyrrole nitrogens is 2. The van der Waals surface area contributed by atoms with Crippen molar-refractivity contribution in [2.45, 2.75) is 98.9 Å². The largest absolute Gasteiger partial charge is 0.488 e. The van der Waals surface area contributed by atoms with Crippen molar-refractivity contribution < 1.29 is 14.3 Å². The van der Waals surface area contributed by atoms with Gasteiger partial charge < -0.3 is 24.5 Å². The average Bonchev–Trinajstić information content (AvgIpc) is 3.76. The van der Waals surface area contributed by atoms with E-state index in [2.05, 4.69) is 79.8 Å². The molecule has 262 valence electrons. The van der Waals surface area contributed by atoms with Crippen molar-refractivity contribution in [3.63, 3.8) is 0 Å². The molecule has 0 aliphatic carbocycles. The van der Waals surface area contributed by atoms with E-state index in [4.69, 9.17) is 14.7 Å². The quantitative estimate of drug-likeness (QED) is 0.114. The first-order chi connectivity index (χ1) is 24.1. The van der Waals surface area contributed by atoms with Crippen LogP contribution in [0.1, 0.15) is 96.9 Å². The number of rotatable bonds is 14. The fourth-order valence-electron chi connectivity index (χ4n) is 7.03. The molecule has 2 amide bonds. The highest BCUT2D eigenvalue weighted by molar-refractivity contribution is 6.07. The van der Waals surface area contributed by atoms with Crippen LogP contribution in [0.4, 0.5) is 0 Å². The predicted octanol–water partition coefficient (Wildman–Crippen LogP) is 9.10. The van der Waals surface area contributed by atoms with Crippen molar-refractivity contribution in [3.05, 3.63) is 78.5 Å². The summed E-state index contributed by atoms with van der Waals surface area (Å²) in [5.74, 6) is 3.04. The number of nitrogens with zero attached hydrogens (tertiary/aromatic N) is 4. The van der Waals surface area contributed by atoms with E-state index in [0.717, 1.165) is 86.4 Å². The Bertz CT molecular complexity index is 2020. The molecule has 2 aromatic heterocycles. The molecule has 3 heterocycles. The molecule has 50 heavy (non-hydrogen) atoms. The summed E-state index contributed by atoms with van der Waals surface area (Å²) < 4.78 is 6.38. The van der Waals surface area contributed by atoms with Gasteiger partial charge in [0.2, 0.25) is 11.8 Å². The SMILES string of the molecule is C=CCC(C)N(Cc1nc2c(ccc3cc4c(cc32)OCc2cc(-c3cnc(C(C)N(CC(C)C)C(=O)CCC)[nH]3)ccc2-4)[nH]1)C(=O)CCC. The second kappa shape index (κ2) is 14.9. The van der Waals surface area contributed by atoms with E-state index in [1.54, 1.807) is 0 Å². The predicted molar refractivity (Wildman–Crippen MR) is 201 cm³/mol. The summed E-state index contributed by atoms with van der Waals surface area (Å²) in [5, 5.41) is 2.09. The molecule has 2 atom stereocenters. The highest BCUT2D eigenvalue weighted by Crippen LogP contribution is 2.42.